The molecule has 0 unspecified atom stereocenters. The van der Waals surface area contributed by atoms with Crippen LogP contribution in [0.15, 0.2) is 24.3 Å². The molecule has 2 atom stereocenters. The first kappa shape index (κ1) is 19.3. The topological polar surface area (TPSA) is 145 Å². The van der Waals surface area contributed by atoms with Gasteiger partial charge in [-0.25, -0.2) is 4.79 Å². The lowest BCUT2D eigenvalue weighted by Gasteiger charge is -2.25. The second kappa shape index (κ2) is 6.60. The highest BCUT2D eigenvalue weighted by Gasteiger charge is 2.50. The number of imide groups is 1. The van der Waals surface area contributed by atoms with Crippen molar-refractivity contribution in [3.63, 3.8) is 0 Å². The standard InChI is InChI=1S/C18H19N5O5/c1-17(10-19,11-3-4-11)20-14(24)9-22-15(25)18(2,21-16(22)26)12-5-7-13(8-6-12)23(27)28/h5-8,11H,3-4,9H2,1-2H3,(H,20,24)(H,21,26)/t17-,18-/m1/s1. The second-order valence-electron chi connectivity index (χ2n) is 7.39. The number of hydrogen-bond donors (Lipinski definition) is 2. The lowest BCUT2D eigenvalue weighted by Crippen LogP contribution is -2.51. The molecule has 0 bridgehead atoms. The van der Waals surface area contributed by atoms with E-state index in [1.807, 2.05) is 0 Å². The summed E-state index contributed by atoms with van der Waals surface area (Å²) in [6, 6.07) is 6.60. The molecule has 0 aromatic heterocycles. The molecule has 1 aliphatic heterocycles. The van der Waals surface area contributed by atoms with E-state index in [0.717, 1.165) is 17.7 Å². The number of non-ortho nitro benzene ring substituents is 1. The van der Waals surface area contributed by atoms with Gasteiger partial charge in [0.1, 0.15) is 17.6 Å². The molecule has 2 N–H and O–H groups in total. The van der Waals surface area contributed by atoms with Crippen molar-refractivity contribution in [3.8, 4) is 6.07 Å². The summed E-state index contributed by atoms with van der Waals surface area (Å²) < 4.78 is 0. The Bertz CT molecular complexity index is 904. The first-order valence-electron chi connectivity index (χ1n) is 8.72. The normalized spacial score (nSPS) is 23.5. The van der Waals surface area contributed by atoms with Crippen LogP contribution in [0, 0.1) is 27.4 Å². The van der Waals surface area contributed by atoms with Gasteiger partial charge in [0.2, 0.25) is 5.91 Å². The molecule has 1 aromatic rings. The van der Waals surface area contributed by atoms with E-state index in [-0.39, 0.29) is 11.6 Å². The third-order valence-corrected chi connectivity index (χ3v) is 5.26. The zero-order chi connectivity index (χ0) is 20.7. The smallest absolute Gasteiger partial charge is 0.325 e. The minimum Gasteiger partial charge on any atom is -0.336 e. The van der Waals surface area contributed by atoms with Crippen LogP contribution < -0.4 is 10.6 Å². The minimum atomic E-state index is -1.44. The number of nitriles is 1. The fourth-order valence-electron chi connectivity index (χ4n) is 3.31. The van der Waals surface area contributed by atoms with Crippen LogP contribution in [-0.4, -0.2) is 39.8 Å². The van der Waals surface area contributed by atoms with Crippen molar-refractivity contribution in [1.82, 2.24) is 15.5 Å². The number of carbonyl (C=O) groups excluding carboxylic acids is 3. The van der Waals surface area contributed by atoms with E-state index in [1.54, 1.807) is 6.92 Å². The van der Waals surface area contributed by atoms with E-state index in [1.165, 1.54) is 31.2 Å². The SMILES string of the molecule is C[C@]1(c2ccc([N+](=O)[O-])cc2)NC(=O)N(CC(=O)N[C@](C)(C#N)C2CC2)C1=O. The monoisotopic (exact) mass is 385 g/mol. The molecule has 4 amide bonds. The predicted molar refractivity (Wildman–Crippen MR) is 95.6 cm³/mol. The Morgan fingerprint density at radius 1 is 1.43 bits per heavy atom. The summed E-state index contributed by atoms with van der Waals surface area (Å²) in [7, 11) is 0. The highest BCUT2D eigenvalue weighted by atomic mass is 16.6. The van der Waals surface area contributed by atoms with Gasteiger partial charge in [-0.1, -0.05) is 0 Å². The summed E-state index contributed by atoms with van der Waals surface area (Å²) in [5.74, 6) is -1.19. The van der Waals surface area contributed by atoms with E-state index < -0.39 is 40.4 Å². The summed E-state index contributed by atoms with van der Waals surface area (Å²) in [5, 5.41) is 25.3. The Labute approximate surface area is 160 Å². The molecule has 1 aromatic carbocycles. The quantitative estimate of drug-likeness (QED) is 0.427. The molecule has 0 radical (unpaired) electrons. The van der Waals surface area contributed by atoms with Crippen molar-refractivity contribution in [2.45, 2.75) is 37.8 Å². The van der Waals surface area contributed by atoms with Gasteiger partial charge >= 0.3 is 6.03 Å². The van der Waals surface area contributed by atoms with Gasteiger partial charge in [0.15, 0.2) is 0 Å². The third-order valence-electron chi connectivity index (χ3n) is 5.26. The molecule has 1 aliphatic carbocycles. The number of nitro groups is 1. The molecule has 1 heterocycles. The van der Waals surface area contributed by atoms with Crippen molar-refractivity contribution in [3.05, 3.63) is 39.9 Å². The molecule has 10 heteroatoms. The number of amides is 4. The Balaban J connectivity index is 1.75. The van der Waals surface area contributed by atoms with Gasteiger partial charge in [-0.2, -0.15) is 5.26 Å². The van der Waals surface area contributed by atoms with Crippen LogP contribution >= 0.6 is 0 Å². The number of benzene rings is 1. The van der Waals surface area contributed by atoms with E-state index in [9.17, 15) is 29.8 Å². The van der Waals surface area contributed by atoms with Crippen molar-refractivity contribution in [1.29, 1.82) is 5.26 Å². The number of carbonyl (C=O) groups is 3. The van der Waals surface area contributed by atoms with Crippen molar-refractivity contribution < 1.29 is 19.3 Å². The van der Waals surface area contributed by atoms with Crippen LogP contribution in [0.5, 0.6) is 0 Å². The molecule has 2 fully saturated rings. The van der Waals surface area contributed by atoms with Crippen LogP contribution in [0.3, 0.4) is 0 Å². The zero-order valence-electron chi connectivity index (χ0n) is 15.4. The van der Waals surface area contributed by atoms with Gasteiger partial charge in [-0.15, -0.1) is 0 Å². The van der Waals surface area contributed by atoms with Gasteiger partial charge in [0.05, 0.1) is 11.0 Å². The number of urea groups is 1. The van der Waals surface area contributed by atoms with Crippen LogP contribution in [0.2, 0.25) is 0 Å². The maximum Gasteiger partial charge on any atom is 0.325 e. The van der Waals surface area contributed by atoms with Gasteiger partial charge in [-0.3, -0.25) is 24.6 Å². The average Bonchev–Trinajstić information content (AvgIpc) is 3.48. The van der Waals surface area contributed by atoms with Gasteiger partial charge in [0, 0.05) is 12.1 Å². The number of hydrogen-bond acceptors (Lipinski definition) is 6. The van der Waals surface area contributed by atoms with Gasteiger partial charge in [-0.05, 0) is 50.3 Å². The second-order valence-corrected chi connectivity index (χ2v) is 7.39. The lowest BCUT2D eigenvalue weighted by molar-refractivity contribution is -0.384. The summed E-state index contributed by atoms with van der Waals surface area (Å²) >= 11 is 0. The Hall–Kier alpha value is -3.48. The van der Waals surface area contributed by atoms with Crippen LogP contribution in [0.25, 0.3) is 0 Å². The van der Waals surface area contributed by atoms with E-state index in [2.05, 4.69) is 16.7 Å². The highest BCUT2D eigenvalue weighted by Crippen LogP contribution is 2.39. The largest absolute Gasteiger partial charge is 0.336 e. The Morgan fingerprint density at radius 2 is 2.04 bits per heavy atom. The molecule has 146 valence electrons. The molecule has 10 nitrogen and oxygen atoms in total. The Kier molecular flexibility index (Phi) is 4.54. The van der Waals surface area contributed by atoms with Crippen LogP contribution in [0.4, 0.5) is 10.5 Å². The van der Waals surface area contributed by atoms with Crippen LogP contribution in [-0.2, 0) is 15.1 Å². The highest BCUT2D eigenvalue weighted by molar-refractivity contribution is 6.09. The summed E-state index contributed by atoms with van der Waals surface area (Å²) in [4.78, 5) is 48.5. The molecule has 1 saturated carbocycles. The first-order chi connectivity index (χ1) is 13.1. The third kappa shape index (κ3) is 3.26. The zero-order valence-corrected chi connectivity index (χ0v) is 15.4. The minimum absolute atomic E-state index is 0.0648. The molecular formula is C18H19N5O5. The van der Waals surface area contributed by atoms with Gasteiger partial charge < -0.3 is 10.6 Å². The van der Waals surface area contributed by atoms with E-state index in [0.29, 0.717) is 5.56 Å². The van der Waals surface area contributed by atoms with Crippen molar-refractivity contribution in [2.24, 2.45) is 5.92 Å². The fraction of sp³-hybridized carbons (Fsp3) is 0.444. The summed E-state index contributed by atoms with van der Waals surface area (Å²) in [5.41, 5.74) is -2.25. The lowest BCUT2D eigenvalue weighted by atomic mass is 9.92. The average molecular weight is 385 g/mol. The maximum absolute atomic E-state index is 12.8. The number of nitro benzene ring substituents is 1. The van der Waals surface area contributed by atoms with Crippen LogP contribution in [0.1, 0.15) is 32.3 Å². The number of rotatable bonds is 6. The Morgan fingerprint density at radius 3 is 2.54 bits per heavy atom. The van der Waals surface area contributed by atoms with Crippen molar-refractivity contribution >= 4 is 23.5 Å². The van der Waals surface area contributed by atoms with E-state index >= 15 is 0 Å². The predicted octanol–water partition coefficient (Wildman–Crippen LogP) is 1.17. The molecule has 28 heavy (non-hydrogen) atoms. The van der Waals surface area contributed by atoms with E-state index in [4.69, 9.17) is 0 Å². The maximum atomic E-state index is 12.8. The molecule has 1 saturated heterocycles. The number of nitrogens with zero attached hydrogens (tertiary/aromatic N) is 3. The summed E-state index contributed by atoms with van der Waals surface area (Å²) in [6.45, 7) is 2.57. The number of nitrogens with one attached hydrogen (secondary N) is 2. The fourth-order valence-corrected chi connectivity index (χ4v) is 3.31. The molecule has 3 rings (SSSR count). The molecule has 0 spiro atoms. The molecular weight excluding hydrogens is 366 g/mol. The van der Waals surface area contributed by atoms with Crippen molar-refractivity contribution in [2.75, 3.05) is 6.54 Å². The first-order valence-corrected chi connectivity index (χ1v) is 8.72. The summed E-state index contributed by atoms with van der Waals surface area (Å²) in [6.07, 6.45) is 1.68. The van der Waals surface area contributed by atoms with Gasteiger partial charge in [0.25, 0.3) is 11.6 Å². The molecule has 2 aliphatic rings.